The van der Waals surface area contributed by atoms with E-state index >= 15 is 0 Å². The summed E-state index contributed by atoms with van der Waals surface area (Å²) in [6, 6.07) is 11.0. The number of hydrogen-bond acceptors (Lipinski definition) is 4. The number of hydrogen-bond donors (Lipinski definition) is 3. The maximum absolute atomic E-state index is 11.5. The van der Waals surface area contributed by atoms with E-state index in [1.165, 1.54) is 6.92 Å². The number of Topliss-reactive ketones (excluding diaryl/α,β-unsaturated/α-hetero) is 1. The Labute approximate surface area is 124 Å². The van der Waals surface area contributed by atoms with E-state index in [0.717, 1.165) is 16.8 Å². The highest BCUT2D eigenvalue weighted by Gasteiger charge is 2.12. The van der Waals surface area contributed by atoms with Gasteiger partial charge in [0.2, 0.25) is 0 Å². The summed E-state index contributed by atoms with van der Waals surface area (Å²) in [5.74, 6) is -0.204. The van der Waals surface area contributed by atoms with Crippen LogP contribution in [0.5, 0.6) is 5.75 Å². The maximum atomic E-state index is 11.5. The summed E-state index contributed by atoms with van der Waals surface area (Å²) < 4.78 is 0. The second-order valence-corrected chi connectivity index (χ2v) is 5.06. The average Bonchev–Trinajstić information content (AvgIpc) is 2.44. The van der Waals surface area contributed by atoms with Crippen LogP contribution in [0.2, 0.25) is 0 Å². The lowest BCUT2D eigenvalue weighted by Gasteiger charge is -2.12. The summed E-state index contributed by atoms with van der Waals surface area (Å²) in [4.78, 5) is 11.5. The van der Waals surface area contributed by atoms with E-state index in [2.05, 4.69) is 5.32 Å². The number of nitrogens with one attached hydrogen (secondary N) is 1. The van der Waals surface area contributed by atoms with Gasteiger partial charge < -0.3 is 15.5 Å². The Morgan fingerprint density at radius 2 is 1.86 bits per heavy atom. The lowest BCUT2D eigenvalue weighted by molar-refractivity contribution is 0.101. The summed E-state index contributed by atoms with van der Waals surface area (Å²) in [5.41, 5.74) is 3.58. The summed E-state index contributed by atoms with van der Waals surface area (Å²) >= 11 is 0. The molecule has 4 heteroatoms. The van der Waals surface area contributed by atoms with E-state index < -0.39 is 0 Å². The number of anilines is 2. The summed E-state index contributed by atoms with van der Waals surface area (Å²) in [6.07, 6.45) is 0.616. The molecule has 3 N–H and O–H groups in total. The Morgan fingerprint density at radius 1 is 1.19 bits per heavy atom. The van der Waals surface area contributed by atoms with Crippen LogP contribution in [0.15, 0.2) is 36.4 Å². The second kappa shape index (κ2) is 6.41. The van der Waals surface area contributed by atoms with E-state index in [1.54, 1.807) is 12.1 Å². The molecule has 0 saturated heterocycles. The predicted octanol–water partition coefficient (Wildman–Crippen LogP) is 3.18. The highest BCUT2D eigenvalue weighted by atomic mass is 16.3. The fourth-order valence-corrected chi connectivity index (χ4v) is 2.18. The van der Waals surface area contributed by atoms with Gasteiger partial charge in [0.25, 0.3) is 0 Å². The van der Waals surface area contributed by atoms with Crippen LogP contribution in [0.4, 0.5) is 11.4 Å². The summed E-state index contributed by atoms with van der Waals surface area (Å²) in [7, 11) is 0. The van der Waals surface area contributed by atoms with Crippen LogP contribution in [0.25, 0.3) is 0 Å². The van der Waals surface area contributed by atoms with Gasteiger partial charge in [-0.25, -0.2) is 0 Å². The normalized spacial score (nSPS) is 10.4. The molecular formula is C17H19NO3. The minimum absolute atomic E-state index is 0.0347. The molecule has 0 aliphatic rings. The molecule has 0 bridgehead atoms. The van der Waals surface area contributed by atoms with Crippen molar-refractivity contribution in [2.45, 2.75) is 20.3 Å². The number of carbonyl (C=O) groups is 1. The molecule has 0 aliphatic heterocycles. The Hall–Kier alpha value is -2.33. The van der Waals surface area contributed by atoms with Gasteiger partial charge in [-0.15, -0.1) is 0 Å². The standard InChI is InChI=1S/C17H19NO3/c1-11-9-15(12(2)20)17(21)16(10-11)18-14-5-3-13(4-6-14)7-8-19/h3-6,9-10,18-19,21H,7-8H2,1-2H3. The van der Waals surface area contributed by atoms with E-state index in [4.69, 9.17) is 5.11 Å². The number of rotatable bonds is 5. The van der Waals surface area contributed by atoms with Crippen LogP contribution in [-0.2, 0) is 6.42 Å². The Kier molecular flexibility index (Phi) is 4.60. The van der Waals surface area contributed by atoms with Crippen LogP contribution in [0.1, 0.15) is 28.4 Å². The highest BCUT2D eigenvalue weighted by molar-refractivity contribution is 5.99. The van der Waals surface area contributed by atoms with Gasteiger partial charge in [0.1, 0.15) is 5.75 Å². The smallest absolute Gasteiger partial charge is 0.163 e. The molecule has 2 aromatic rings. The van der Waals surface area contributed by atoms with Gasteiger partial charge in [-0.1, -0.05) is 12.1 Å². The van der Waals surface area contributed by atoms with Crippen LogP contribution < -0.4 is 5.32 Å². The van der Waals surface area contributed by atoms with E-state index in [0.29, 0.717) is 17.7 Å². The first kappa shape index (κ1) is 15.1. The zero-order valence-electron chi connectivity index (χ0n) is 12.2. The minimum atomic E-state index is -0.169. The quantitative estimate of drug-likeness (QED) is 0.583. The highest BCUT2D eigenvalue weighted by Crippen LogP contribution is 2.32. The first-order valence-electron chi connectivity index (χ1n) is 6.82. The Balaban J connectivity index is 2.28. The van der Waals surface area contributed by atoms with Gasteiger partial charge in [0, 0.05) is 12.3 Å². The van der Waals surface area contributed by atoms with Crippen LogP contribution in [0.3, 0.4) is 0 Å². The van der Waals surface area contributed by atoms with E-state index in [1.807, 2.05) is 31.2 Å². The van der Waals surface area contributed by atoms with Gasteiger partial charge >= 0.3 is 0 Å². The lowest BCUT2D eigenvalue weighted by Crippen LogP contribution is -1.99. The van der Waals surface area contributed by atoms with Crippen molar-refractivity contribution in [3.63, 3.8) is 0 Å². The zero-order chi connectivity index (χ0) is 15.4. The van der Waals surface area contributed by atoms with Crippen LogP contribution in [0, 0.1) is 6.92 Å². The van der Waals surface area contributed by atoms with Crippen molar-refractivity contribution < 1.29 is 15.0 Å². The molecule has 0 aromatic heterocycles. The first-order valence-corrected chi connectivity index (χ1v) is 6.82. The number of ketones is 1. The molecule has 0 spiro atoms. The first-order chi connectivity index (χ1) is 10.0. The predicted molar refractivity (Wildman–Crippen MR) is 83.4 cm³/mol. The maximum Gasteiger partial charge on any atom is 0.163 e. The van der Waals surface area contributed by atoms with Gasteiger partial charge in [-0.3, -0.25) is 4.79 Å². The lowest BCUT2D eigenvalue weighted by atomic mass is 10.1. The van der Waals surface area contributed by atoms with Crippen molar-refractivity contribution in [2.75, 3.05) is 11.9 Å². The molecule has 2 aromatic carbocycles. The van der Waals surface area contributed by atoms with Crippen molar-refractivity contribution in [1.82, 2.24) is 0 Å². The van der Waals surface area contributed by atoms with Crippen LogP contribution >= 0.6 is 0 Å². The molecule has 21 heavy (non-hydrogen) atoms. The van der Waals surface area contributed by atoms with Gasteiger partial charge in [-0.2, -0.15) is 0 Å². The molecule has 0 heterocycles. The molecule has 0 radical (unpaired) electrons. The van der Waals surface area contributed by atoms with Crippen molar-refractivity contribution >= 4 is 17.2 Å². The van der Waals surface area contributed by atoms with Gasteiger partial charge in [-0.05, 0) is 55.7 Å². The monoisotopic (exact) mass is 285 g/mol. The fourth-order valence-electron chi connectivity index (χ4n) is 2.18. The second-order valence-electron chi connectivity index (χ2n) is 5.06. The van der Waals surface area contributed by atoms with Crippen molar-refractivity contribution in [3.05, 3.63) is 53.1 Å². The molecule has 0 atom stereocenters. The van der Waals surface area contributed by atoms with E-state index in [9.17, 15) is 9.90 Å². The van der Waals surface area contributed by atoms with Crippen molar-refractivity contribution in [1.29, 1.82) is 0 Å². The largest absolute Gasteiger partial charge is 0.505 e. The number of phenols is 1. The van der Waals surface area contributed by atoms with Gasteiger partial charge in [0.05, 0.1) is 11.3 Å². The number of aryl methyl sites for hydroxylation is 1. The minimum Gasteiger partial charge on any atom is -0.505 e. The number of benzene rings is 2. The Bertz CT molecular complexity index is 648. The third kappa shape index (κ3) is 3.61. The number of aliphatic hydroxyl groups is 1. The van der Waals surface area contributed by atoms with Crippen molar-refractivity contribution in [2.24, 2.45) is 0 Å². The molecule has 0 saturated carbocycles. The zero-order valence-corrected chi connectivity index (χ0v) is 12.2. The molecule has 0 unspecified atom stereocenters. The molecule has 0 aliphatic carbocycles. The summed E-state index contributed by atoms with van der Waals surface area (Å²) in [6.45, 7) is 3.43. The molecule has 110 valence electrons. The molecule has 0 fully saturated rings. The van der Waals surface area contributed by atoms with Gasteiger partial charge in [0.15, 0.2) is 5.78 Å². The topological polar surface area (TPSA) is 69.6 Å². The summed E-state index contributed by atoms with van der Waals surface area (Å²) in [5, 5.41) is 22.2. The fraction of sp³-hybridized carbons (Fsp3) is 0.235. The number of carbonyl (C=O) groups excluding carboxylic acids is 1. The number of phenolic OH excluding ortho intramolecular Hbond substituents is 1. The van der Waals surface area contributed by atoms with Crippen molar-refractivity contribution in [3.8, 4) is 5.75 Å². The van der Waals surface area contributed by atoms with E-state index in [-0.39, 0.29) is 18.1 Å². The third-order valence-electron chi connectivity index (χ3n) is 3.27. The molecule has 2 rings (SSSR count). The molecule has 0 amide bonds. The average molecular weight is 285 g/mol. The number of aromatic hydroxyl groups is 1. The number of aliphatic hydroxyl groups excluding tert-OH is 1. The van der Waals surface area contributed by atoms with Crippen LogP contribution in [-0.4, -0.2) is 22.6 Å². The molecular weight excluding hydrogens is 266 g/mol. The SMILES string of the molecule is CC(=O)c1cc(C)cc(Nc2ccc(CCO)cc2)c1O. The molecule has 4 nitrogen and oxygen atoms in total. The third-order valence-corrected chi connectivity index (χ3v) is 3.27. The Morgan fingerprint density at radius 3 is 2.43 bits per heavy atom.